The van der Waals surface area contributed by atoms with Gasteiger partial charge in [-0.15, -0.1) is 12.4 Å². The van der Waals surface area contributed by atoms with Crippen LogP contribution in [0.4, 0.5) is 5.69 Å². The SMILES string of the molecule is CNc1c(Cl)cc2c3c(cccc13)C(=O)N(C1CCN(C)CC1)C2=O.Cl. The summed E-state index contributed by atoms with van der Waals surface area (Å²) in [4.78, 5) is 30.0. The number of nitrogens with one attached hydrogen (secondary N) is 1. The van der Waals surface area contributed by atoms with E-state index in [4.69, 9.17) is 11.6 Å². The first-order valence-electron chi connectivity index (χ1n) is 8.52. The van der Waals surface area contributed by atoms with E-state index in [1.165, 1.54) is 4.90 Å². The summed E-state index contributed by atoms with van der Waals surface area (Å²) in [5.41, 5.74) is 1.85. The fourth-order valence-corrected chi connectivity index (χ4v) is 4.29. The third kappa shape index (κ3) is 2.75. The van der Waals surface area contributed by atoms with Crippen molar-refractivity contribution in [1.82, 2.24) is 9.80 Å². The van der Waals surface area contributed by atoms with E-state index in [9.17, 15) is 9.59 Å². The Morgan fingerprint density at radius 1 is 1.12 bits per heavy atom. The number of halogens is 2. The molecule has 0 bridgehead atoms. The van der Waals surface area contributed by atoms with E-state index in [1.807, 2.05) is 12.1 Å². The minimum atomic E-state index is -0.229. The molecule has 0 aromatic heterocycles. The molecule has 1 N–H and O–H groups in total. The molecule has 2 heterocycles. The zero-order chi connectivity index (χ0) is 17.7. The molecule has 138 valence electrons. The average Bonchev–Trinajstić information content (AvgIpc) is 2.61. The molecule has 0 aliphatic carbocycles. The third-order valence-electron chi connectivity index (χ3n) is 5.31. The van der Waals surface area contributed by atoms with Crippen molar-refractivity contribution in [3.05, 3.63) is 40.4 Å². The van der Waals surface area contributed by atoms with Crippen LogP contribution >= 0.6 is 24.0 Å². The molecule has 2 amide bonds. The second kappa shape index (κ2) is 7.06. The maximum atomic E-state index is 13.2. The molecule has 2 aromatic rings. The number of nitrogens with zero attached hydrogens (tertiary/aromatic N) is 2. The average molecular weight is 394 g/mol. The molecule has 2 aliphatic rings. The van der Waals surface area contributed by atoms with Crippen LogP contribution in [0, 0.1) is 0 Å². The Morgan fingerprint density at radius 2 is 1.77 bits per heavy atom. The molecule has 5 nitrogen and oxygen atoms in total. The number of carbonyl (C=O) groups excluding carboxylic acids is 2. The van der Waals surface area contributed by atoms with E-state index >= 15 is 0 Å². The van der Waals surface area contributed by atoms with Crippen molar-refractivity contribution >= 4 is 52.3 Å². The van der Waals surface area contributed by atoms with Gasteiger partial charge in [0.05, 0.1) is 16.3 Å². The Balaban J connectivity index is 0.00000196. The maximum absolute atomic E-state index is 13.2. The lowest BCUT2D eigenvalue weighted by molar-refractivity contribution is 0.0471. The van der Waals surface area contributed by atoms with E-state index in [2.05, 4.69) is 17.3 Å². The van der Waals surface area contributed by atoms with Crippen molar-refractivity contribution in [2.75, 3.05) is 32.5 Å². The number of benzene rings is 2. The summed E-state index contributed by atoms with van der Waals surface area (Å²) in [7, 11) is 3.85. The van der Waals surface area contributed by atoms with Gasteiger partial charge in [-0.3, -0.25) is 14.5 Å². The molecular formula is C19H21Cl2N3O2. The standard InChI is InChI=1S/C19H20ClN3O2.ClH/c1-21-17-12-4-3-5-13-16(12)14(10-15(17)20)19(25)23(18(13)24)11-6-8-22(2)9-7-11;/h3-5,10-11,21H,6-9H2,1-2H3;1H. The number of amides is 2. The van der Waals surface area contributed by atoms with Gasteiger partial charge in [-0.2, -0.15) is 0 Å². The van der Waals surface area contributed by atoms with Gasteiger partial charge in [0.2, 0.25) is 0 Å². The van der Waals surface area contributed by atoms with Crippen LogP contribution in [0.5, 0.6) is 0 Å². The van der Waals surface area contributed by atoms with Crippen LogP contribution in [0.1, 0.15) is 33.6 Å². The Morgan fingerprint density at radius 3 is 2.42 bits per heavy atom. The van der Waals surface area contributed by atoms with Crippen molar-refractivity contribution in [3.8, 4) is 0 Å². The minimum absolute atomic E-state index is 0. The number of hydrogen-bond donors (Lipinski definition) is 1. The highest BCUT2D eigenvalue weighted by molar-refractivity contribution is 6.37. The van der Waals surface area contributed by atoms with Crippen molar-refractivity contribution < 1.29 is 9.59 Å². The van der Waals surface area contributed by atoms with Gasteiger partial charge in [0.25, 0.3) is 11.8 Å². The molecule has 0 atom stereocenters. The van der Waals surface area contributed by atoms with Crippen molar-refractivity contribution in [1.29, 1.82) is 0 Å². The van der Waals surface area contributed by atoms with Crippen LogP contribution in [0.2, 0.25) is 5.02 Å². The Kier molecular flexibility index (Phi) is 5.15. The zero-order valence-corrected chi connectivity index (χ0v) is 16.3. The zero-order valence-electron chi connectivity index (χ0n) is 14.7. The summed E-state index contributed by atoms with van der Waals surface area (Å²) in [5.74, 6) is -0.421. The van der Waals surface area contributed by atoms with Crippen LogP contribution in [0.15, 0.2) is 24.3 Å². The molecule has 1 fully saturated rings. The topological polar surface area (TPSA) is 52.7 Å². The van der Waals surface area contributed by atoms with Gasteiger partial charge in [-0.05, 0) is 45.1 Å². The van der Waals surface area contributed by atoms with Crippen LogP contribution in [0.3, 0.4) is 0 Å². The van der Waals surface area contributed by atoms with Crippen molar-refractivity contribution in [2.24, 2.45) is 0 Å². The monoisotopic (exact) mass is 393 g/mol. The molecule has 2 aliphatic heterocycles. The van der Waals surface area contributed by atoms with Crippen LogP contribution in [-0.4, -0.2) is 54.8 Å². The number of carbonyl (C=O) groups is 2. The highest BCUT2D eigenvalue weighted by Gasteiger charge is 2.39. The number of imide groups is 1. The summed E-state index contributed by atoms with van der Waals surface area (Å²) >= 11 is 6.39. The van der Waals surface area contributed by atoms with Gasteiger partial charge in [0.15, 0.2) is 0 Å². The van der Waals surface area contributed by atoms with Gasteiger partial charge in [-0.1, -0.05) is 23.7 Å². The van der Waals surface area contributed by atoms with E-state index in [0.29, 0.717) is 21.5 Å². The normalized spacial score (nSPS) is 18.2. The van der Waals surface area contributed by atoms with E-state index in [-0.39, 0.29) is 30.3 Å². The van der Waals surface area contributed by atoms with Gasteiger partial charge in [0.1, 0.15) is 0 Å². The minimum Gasteiger partial charge on any atom is -0.386 e. The summed E-state index contributed by atoms with van der Waals surface area (Å²) in [5, 5.41) is 5.09. The second-order valence-electron chi connectivity index (χ2n) is 6.77. The number of likely N-dealkylation sites (tertiary alicyclic amines) is 1. The number of rotatable bonds is 2. The fraction of sp³-hybridized carbons (Fsp3) is 0.368. The molecule has 0 spiro atoms. The molecule has 1 saturated heterocycles. The highest BCUT2D eigenvalue weighted by atomic mass is 35.5. The lowest BCUT2D eigenvalue weighted by Crippen LogP contribution is -2.51. The van der Waals surface area contributed by atoms with Crippen LogP contribution in [0.25, 0.3) is 10.8 Å². The second-order valence-corrected chi connectivity index (χ2v) is 7.18. The lowest BCUT2D eigenvalue weighted by atomic mass is 9.90. The Bertz CT molecular complexity index is 892. The predicted octanol–water partition coefficient (Wildman–Crippen LogP) is 3.65. The number of anilines is 1. The molecule has 4 rings (SSSR count). The maximum Gasteiger partial charge on any atom is 0.261 e. The van der Waals surface area contributed by atoms with E-state index in [0.717, 1.165) is 37.0 Å². The summed E-state index contributed by atoms with van der Waals surface area (Å²) in [6.07, 6.45) is 1.61. The first-order valence-corrected chi connectivity index (χ1v) is 8.90. The smallest absolute Gasteiger partial charge is 0.261 e. The third-order valence-corrected chi connectivity index (χ3v) is 5.61. The summed E-state index contributed by atoms with van der Waals surface area (Å²) in [6.45, 7) is 1.77. The van der Waals surface area contributed by atoms with Crippen molar-refractivity contribution in [2.45, 2.75) is 18.9 Å². The molecule has 26 heavy (non-hydrogen) atoms. The number of piperidine rings is 1. The summed E-state index contributed by atoms with van der Waals surface area (Å²) < 4.78 is 0. The molecule has 7 heteroatoms. The fourth-order valence-electron chi connectivity index (χ4n) is 3.99. The van der Waals surface area contributed by atoms with Gasteiger partial charge in [-0.25, -0.2) is 0 Å². The highest BCUT2D eigenvalue weighted by Crippen LogP contribution is 2.39. The molecule has 0 radical (unpaired) electrons. The molecule has 2 aromatic carbocycles. The Labute approximate surface area is 163 Å². The first kappa shape index (κ1) is 19.0. The number of hydrogen-bond acceptors (Lipinski definition) is 4. The molecule has 0 unspecified atom stereocenters. The van der Waals surface area contributed by atoms with Gasteiger partial charge < -0.3 is 10.2 Å². The molecule has 0 saturated carbocycles. The van der Waals surface area contributed by atoms with Crippen LogP contribution in [-0.2, 0) is 0 Å². The van der Waals surface area contributed by atoms with Crippen LogP contribution < -0.4 is 5.32 Å². The molecular weight excluding hydrogens is 373 g/mol. The Hall–Kier alpha value is -1.82. The first-order chi connectivity index (χ1) is 12.0. The lowest BCUT2D eigenvalue weighted by Gasteiger charge is -2.38. The predicted molar refractivity (Wildman–Crippen MR) is 107 cm³/mol. The quantitative estimate of drug-likeness (QED) is 0.791. The summed E-state index contributed by atoms with van der Waals surface area (Å²) in [6, 6.07) is 7.18. The largest absolute Gasteiger partial charge is 0.386 e. The van der Waals surface area contributed by atoms with Gasteiger partial charge in [0, 0.05) is 29.4 Å². The van der Waals surface area contributed by atoms with Crippen molar-refractivity contribution in [3.63, 3.8) is 0 Å². The van der Waals surface area contributed by atoms with E-state index < -0.39 is 0 Å². The van der Waals surface area contributed by atoms with E-state index in [1.54, 1.807) is 19.2 Å². The van der Waals surface area contributed by atoms with Gasteiger partial charge >= 0.3 is 0 Å².